The summed E-state index contributed by atoms with van der Waals surface area (Å²) in [7, 11) is 1.42. The number of carboxylic acid groups (broad SMARTS) is 1. The molecule has 0 amide bonds. The van der Waals surface area contributed by atoms with Gasteiger partial charge >= 0.3 is 5.97 Å². The molecule has 1 aliphatic carbocycles. The number of nitrogens with zero attached hydrogens (tertiary/aromatic N) is 1. The first-order valence-corrected chi connectivity index (χ1v) is 4.14. The first-order chi connectivity index (χ1) is 6.54. The van der Waals surface area contributed by atoms with Crippen molar-refractivity contribution in [2.24, 2.45) is 5.92 Å². The lowest BCUT2D eigenvalue weighted by Crippen LogP contribution is -2.31. The maximum atomic E-state index is 10.6. The van der Waals surface area contributed by atoms with Crippen molar-refractivity contribution in [3.05, 3.63) is 0 Å². The van der Waals surface area contributed by atoms with E-state index in [0.717, 1.165) is 0 Å². The fourth-order valence-electron chi connectivity index (χ4n) is 1.64. The normalized spacial score (nSPS) is 32.4. The van der Waals surface area contributed by atoms with Crippen molar-refractivity contribution < 1.29 is 29.9 Å². The maximum absolute atomic E-state index is 10.6. The number of hydrogen-bond acceptors (Lipinski definition) is 6. The number of methoxy groups -OCH3 is 1. The highest BCUT2D eigenvalue weighted by Crippen LogP contribution is 2.30. The van der Waals surface area contributed by atoms with E-state index in [1.165, 1.54) is 7.11 Å². The van der Waals surface area contributed by atoms with Crippen molar-refractivity contribution in [2.45, 2.75) is 25.0 Å². The van der Waals surface area contributed by atoms with E-state index in [1.54, 1.807) is 0 Å². The summed E-state index contributed by atoms with van der Waals surface area (Å²) >= 11 is 0. The van der Waals surface area contributed by atoms with Crippen LogP contribution < -0.4 is 0 Å². The summed E-state index contributed by atoms with van der Waals surface area (Å²) in [6.45, 7) is 0. The Morgan fingerprint density at radius 2 is 1.93 bits per heavy atom. The van der Waals surface area contributed by atoms with Gasteiger partial charge in [-0.3, -0.25) is 15.2 Å². The average Bonchev–Trinajstić information content (AvgIpc) is 2.46. The molecule has 0 saturated heterocycles. The van der Waals surface area contributed by atoms with E-state index in [4.69, 9.17) is 20.3 Å². The van der Waals surface area contributed by atoms with Crippen LogP contribution in [0.4, 0.5) is 0 Å². The van der Waals surface area contributed by atoms with Crippen LogP contribution in [0.1, 0.15) is 12.8 Å². The molecule has 7 heteroatoms. The summed E-state index contributed by atoms with van der Waals surface area (Å²) in [6, 6.07) is 0. The minimum absolute atomic E-state index is 0.200. The van der Waals surface area contributed by atoms with Gasteiger partial charge in [0.1, 0.15) is 6.10 Å². The molecular formula is C7H13NO6. The molecule has 0 aromatic carbocycles. The van der Waals surface area contributed by atoms with E-state index in [2.05, 4.69) is 4.84 Å². The number of carbonyl (C=O) groups is 1. The smallest absolute Gasteiger partial charge is 0.306 e. The first kappa shape index (κ1) is 11.3. The molecule has 7 nitrogen and oxygen atoms in total. The van der Waals surface area contributed by atoms with Crippen molar-refractivity contribution in [1.29, 1.82) is 0 Å². The second kappa shape index (κ2) is 4.67. The average molecular weight is 207 g/mol. The molecular weight excluding hydrogens is 194 g/mol. The summed E-state index contributed by atoms with van der Waals surface area (Å²) in [6.07, 6.45) is -0.565. The van der Waals surface area contributed by atoms with E-state index in [-0.39, 0.29) is 6.42 Å². The third-order valence-electron chi connectivity index (χ3n) is 2.33. The Hall–Kier alpha value is -0.730. The maximum Gasteiger partial charge on any atom is 0.306 e. The highest BCUT2D eigenvalue weighted by Gasteiger charge is 2.40. The summed E-state index contributed by atoms with van der Waals surface area (Å²) < 4.78 is 4.97. The van der Waals surface area contributed by atoms with Gasteiger partial charge in [-0.25, -0.2) is 4.84 Å². The van der Waals surface area contributed by atoms with Crippen molar-refractivity contribution >= 4 is 5.97 Å². The molecule has 82 valence electrons. The van der Waals surface area contributed by atoms with Crippen LogP contribution in [-0.2, 0) is 14.4 Å². The third-order valence-corrected chi connectivity index (χ3v) is 2.33. The van der Waals surface area contributed by atoms with Gasteiger partial charge in [-0.1, -0.05) is 0 Å². The van der Waals surface area contributed by atoms with Crippen LogP contribution in [0.15, 0.2) is 0 Å². The Labute approximate surface area is 80.3 Å². The predicted molar refractivity (Wildman–Crippen MR) is 41.4 cm³/mol. The van der Waals surface area contributed by atoms with Gasteiger partial charge in [-0.05, 0) is 12.8 Å². The molecule has 0 unspecified atom stereocenters. The van der Waals surface area contributed by atoms with Gasteiger partial charge in [0.05, 0.1) is 17.4 Å². The minimum Gasteiger partial charge on any atom is -0.481 e. The highest BCUT2D eigenvalue weighted by atomic mass is 17.1. The summed E-state index contributed by atoms with van der Waals surface area (Å²) in [5.41, 5.74) is 0. The summed E-state index contributed by atoms with van der Waals surface area (Å²) in [4.78, 5) is 15.2. The molecule has 0 aromatic heterocycles. The van der Waals surface area contributed by atoms with Gasteiger partial charge in [-0.2, -0.15) is 0 Å². The molecule has 3 atom stereocenters. The van der Waals surface area contributed by atoms with Gasteiger partial charge in [0, 0.05) is 7.11 Å². The van der Waals surface area contributed by atoms with E-state index in [9.17, 15) is 4.79 Å². The number of aliphatic carboxylic acids is 1. The largest absolute Gasteiger partial charge is 0.481 e. The fourth-order valence-corrected chi connectivity index (χ4v) is 1.64. The number of carboxylic acids is 1. The van der Waals surface area contributed by atoms with Crippen molar-refractivity contribution in [2.75, 3.05) is 7.11 Å². The lowest BCUT2D eigenvalue weighted by Gasteiger charge is -2.18. The molecule has 0 heterocycles. The third kappa shape index (κ3) is 2.63. The summed E-state index contributed by atoms with van der Waals surface area (Å²) in [5, 5.41) is 25.1. The minimum atomic E-state index is -0.930. The predicted octanol–water partition coefficient (Wildman–Crippen LogP) is -0.123. The van der Waals surface area contributed by atoms with Gasteiger partial charge < -0.3 is 9.84 Å². The zero-order chi connectivity index (χ0) is 10.7. The standard InChI is InChI=1S/C7H13NO6/c1-13-5-2-4(7(9)10)3-6(5)14-8(11)12/h4-6,11-12H,2-3H2,1H3,(H,9,10)/t4-,5-,6-/m1/s1. The molecule has 0 radical (unpaired) electrons. The molecule has 1 fully saturated rings. The number of hydrogen-bond donors (Lipinski definition) is 3. The molecule has 14 heavy (non-hydrogen) atoms. The topological polar surface area (TPSA) is 99.5 Å². The number of ether oxygens (including phenoxy) is 1. The van der Waals surface area contributed by atoms with Crippen molar-refractivity contribution in [1.82, 2.24) is 5.39 Å². The molecule has 0 spiro atoms. The SMILES string of the molecule is CO[C@@H]1C[C@@H](C(=O)O)C[C@H]1ON(O)O. The second-order valence-corrected chi connectivity index (χ2v) is 3.18. The molecule has 0 aromatic rings. The van der Waals surface area contributed by atoms with Gasteiger partial charge in [0.15, 0.2) is 0 Å². The quantitative estimate of drug-likeness (QED) is 0.552. The van der Waals surface area contributed by atoms with Gasteiger partial charge in [0.2, 0.25) is 0 Å². The zero-order valence-corrected chi connectivity index (χ0v) is 7.66. The summed E-state index contributed by atoms with van der Waals surface area (Å²) in [5.74, 6) is -1.49. The van der Waals surface area contributed by atoms with Gasteiger partial charge in [0.25, 0.3) is 0 Å². The molecule has 0 bridgehead atoms. The van der Waals surface area contributed by atoms with Crippen LogP contribution in [0.2, 0.25) is 0 Å². The Morgan fingerprint density at radius 1 is 1.36 bits per heavy atom. The molecule has 1 rings (SSSR count). The van der Waals surface area contributed by atoms with E-state index >= 15 is 0 Å². The van der Waals surface area contributed by atoms with E-state index in [0.29, 0.717) is 6.42 Å². The van der Waals surface area contributed by atoms with Crippen LogP contribution in [0.3, 0.4) is 0 Å². The Balaban J connectivity index is 2.53. The van der Waals surface area contributed by atoms with Crippen LogP contribution >= 0.6 is 0 Å². The molecule has 1 aliphatic rings. The van der Waals surface area contributed by atoms with Crippen LogP contribution in [0, 0.1) is 5.92 Å². The van der Waals surface area contributed by atoms with Crippen LogP contribution in [-0.4, -0.2) is 46.2 Å². The monoisotopic (exact) mass is 207 g/mol. The Bertz CT molecular complexity index is 208. The van der Waals surface area contributed by atoms with Crippen LogP contribution in [0.25, 0.3) is 0 Å². The van der Waals surface area contributed by atoms with Crippen LogP contribution in [0.5, 0.6) is 0 Å². The van der Waals surface area contributed by atoms with Crippen molar-refractivity contribution in [3.63, 3.8) is 0 Å². The molecule has 1 saturated carbocycles. The highest BCUT2D eigenvalue weighted by molar-refractivity contribution is 5.70. The van der Waals surface area contributed by atoms with E-state index < -0.39 is 29.5 Å². The number of rotatable bonds is 4. The Morgan fingerprint density at radius 3 is 2.36 bits per heavy atom. The Kier molecular flexibility index (Phi) is 3.78. The zero-order valence-electron chi connectivity index (χ0n) is 7.66. The lowest BCUT2D eigenvalue weighted by molar-refractivity contribution is -0.507. The van der Waals surface area contributed by atoms with Crippen molar-refractivity contribution in [3.8, 4) is 0 Å². The first-order valence-electron chi connectivity index (χ1n) is 4.14. The second-order valence-electron chi connectivity index (χ2n) is 3.18. The molecule has 0 aliphatic heterocycles. The molecule has 3 N–H and O–H groups in total. The van der Waals surface area contributed by atoms with E-state index in [1.807, 2.05) is 0 Å². The lowest BCUT2D eigenvalue weighted by atomic mass is 10.1. The fraction of sp³-hybridized carbons (Fsp3) is 0.857. The van der Waals surface area contributed by atoms with Gasteiger partial charge in [-0.15, -0.1) is 0 Å².